The van der Waals surface area contributed by atoms with Crippen LogP contribution in [0, 0.1) is 0 Å². The fourth-order valence-electron chi connectivity index (χ4n) is 3.42. The number of benzene rings is 4. The molecule has 0 N–H and O–H groups in total. The summed E-state index contributed by atoms with van der Waals surface area (Å²) in [7, 11) is 0. The van der Waals surface area contributed by atoms with E-state index in [4.69, 9.17) is 11.6 Å². The van der Waals surface area contributed by atoms with Crippen LogP contribution in [-0.2, 0) is 0 Å². The van der Waals surface area contributed by atoms with Crippen LogP contribution < -0.4 is 0 Å². The van der Waals surface area contributed by atoms with Crippen LogP contribution >= 0.6 is 22.9 Å². The molecule has 0 spiro atoms. The lowest BCUT2D eigenvalue weighted by atomic mass is 9.98. The zero-order valence-corrected chi connectivity index (χ0v) is 14.4. The summed E-state index contributed by atoms with van der Waals surface area (Å²) in [4.78, 5) is 0. The maximum atomic E-state index is 6.06. The van der Waals surface area contributed by atoms with Crippen molar-refractivity contribution in [2.75, 3.05) is 0 Å². The van der Waals surface area contributed by atoms with Crippen molar-refractivity contribution in [2.24, 2.45) is 0 Å². The molecule has 24 heavy (non-hydrogen) atoms. The van der Waals surface area contributed by atoms with E-state index in [-0.39, 0.29) is 0 Å². The van der Waals surface area contributed by atoms with Gasteiger partial charge < -0.3 is 0 Å². The predicted molar refractivity (Wildman–Crippen MR) is 107 cm³/mol. The van der Waals surface area contributed by atoms with Crippen molar-refractivity contribution in [3.63, 3.8) is 0 Å². The van der Waals surface area contributed by atoms with Gasteiger partial charge in [0.2, 0.25) is 0 Å². The Bertz CT molecular complexity index is 1200. The van der Waals surface area contributed by atoms with Gasteiger partial charge in [-0.3, -0.25) is 0 Å². The molecule has 0 amide bonds. The average molecular weight is 345 g/mol. The minimum absolute atomic E-state index is 0.770. The van der Waals surface area contributed by atoms with Gasteiger partial charge in [-0.25, -0.2) is 0 Å². The van der Waals surface area contributed by atoms with E-state index in [1.807, 2.05) is 23.5 Å². The van der Waals surface area contributed by atoms with Gasteiger partial charge in [-0.2, -0.15) is 0 Å². The first-order chi connectivity index (χ1) is 11.8. The molecule has 4 aromatic carbocycles. The van der Waals surface area contributed by atoms with E-state index in [0.29, 0.717) is 0 Å². The lowest BCUT2D eigenvalue weighted by Gasteiger charge is -2.05. The smallest absolute Gasteiger partial charge is 0.0434 e. The molecule has 0 fully saturated rings. The largest absolute Gasteiger partial charge is 0.135 e. The third kappa shape index (κ3) is 2.06. The first-order valence-electron chi connectivity index (χ1n) is 7.90. The average Bonchev–Trinajstić information content (AvgIpc) is 3.02. The van der Waals surface area contributed by atoms with Crippen molar-refractivity contribution >= 4 is 53.9 Å². The van der Waals surface area contributed by atoms with Gasteiger partial charge in [0.1, 0.15) is 0 Å². The highest BCUT2D eigenvalue weighted by Crippen LogP contribution is 2.42. The van der Waals surface area contributed by atoms with Crippen LogP contribution in [0.4, 0.5) is 0 Å². The lowest BCUT2D eigenvalue weighted by Crippen LogP contribution is -1.79. The summed E-state index contributed by atoms with van der Waals surface area (Å²) in [5, 5.41) is 6.07. The normalized spacial score (nSPS) is 11.5. The number of hydrogen-bond donors (Lipinski definition) is 0. The lowest BCUT2D eigenvalue weighted by molar-refractivity contribution is 1.67. The number of rotatable bonds is 1. The van der Waals surface area contributed by atoms with Crippen LogP contribution in [-0.4, -0.2) is 0 Å². The van der Waals surface area contributed by atoms with Crippen molar-refractivity contribution in [2.45, 2.75) is 0 Å². The van der Waals surface area contributed by atoms with Crippen molar-refractivity contribution in [1.29, 1.82) is 0 Å². The molecule has 114 valence electrons. The maximum absolute atomic E-state index is 6.06. The molecule has 0 saturated heterocycles. The van der Waals surface area contributed by atoms with Crippen LogP contribution in [0.1, 0.15) is 0 Å². The Morgan fingerprint density at radius 3 is 2.38 bits per heavy atom. The third-order valence-electron chi connectivity index (χ3n) is 4.54. The minimum Gasteiger partial charge on any atom is -0.135 e. The van der Waals surface area contributed by atoms with E-state index in [2.05, 4.69) is 66.7 Å². The Labute approximate surface area is 148 Å². The Morgan fingerprint density at radius 1 is 0.667 bits per heavy atom. The Hall–Kier alpha value is -2.35. The highest BCUT2D eigenvalue weighted by Gasteiger charge is 2.12. The molecular formula is C22H13ClS. The number of hydrogen-bond acceptors (Lipinski definition) is 1. The van der Waals surface area contributed by atoms with Crippen LogP contribution in [0.5, 0.6) is 0 Å². The topological polar surface area (TPSA) is 0 Å². The zero-order valence-electron chi connectivity index (χ0n) is 12.8. The van der Waals surface area contributed by atoms with Crippen molar-refractivity contribution in [3.8, 4) is 11.1 Å². The first kappa shape index (κ1) is 14.0. The van der Waals surface area contributed by atoms with Crippen molar-refractivity contribution in [3.05, 3.63) is 83.9 Å². The van der Waals surface area contributed by atoms with E-state index in [0.717, 1.165) is 5.02 Å². The number of halogens is 1. The van der Waals surface area contributed by atoms with E-state index >= 15 is 0 Å². The second-order valence-corrected chi connectivity index (χ2v) is 7.44. The van der Waals surface area contributed by atoms with Crippen LogP contribution in [0.25, 0.3) is 42.1 Å². The van der Waals surface area contributed by atoms with Gasteiger partial charge in [-0.1, -0.05) is 72.3 Å². The summed E-state index contributed by atoms with van der Waals surface area (Å²) in [6, 6.07) is 27.8. The standard InChI is InChI=1S/C22H13ClS/c23-16-11-8-15(9-12-16)17-6-3-7-20-21(17)19-13-10-14-4-1-2-5-18(14)22(19)24-20/h1-13H. The number of fused-ring (bicyclic) bond motifs is 5. The highest BCUT2D eigenvalue weighted by atomic mass is 35.5. The van der Waals surface area contributed by atoms with Crippen LogP contribution in [0.3, 0.4) is 0 Å². The monoisotopic (exact) mass is 344 g/mol. The molecule has 0 saturated carbocycles. The molecular weight excluding hydrogens is 332 g/mol. The molecule has 2 heteroatoms. The van der Waals surface area contributed by atoms with Gasteiger partial charge in [-0.15, -0.1) is 11.3 Å². The molecule has 0 unspecified atom stereocenters. The molecule has 0 atom stereocenters. The summed E-state index contributed by atoms with van der Waals surface area (Å²) >= 11 is 7.94. The van der Waals surface area contributed by atoms with Gasteiger partial charge >= 0.3 is 0 Å². The second-order valence-electron chi connectivity index (χ2n) is 5.95. The van der Waals surface area contributed by atoms with Crippen LogP contribution in [0.15, 0.2) is 78.9 Å². The van der Waals surface area contributed by atoms with E-state index in [9.17, 15) is 0 Å². The Morgan fingerprint density at radius 2 is 1.50 bits per heavy atom. The first-order valence-corrected chi connectivity index (χ1v) is 9.10. The molecule has 1 heterocycles. The Kier molecular flexibility index (Phi) is 3.12. The highest BCUT2D eigenvalue weighted by molar-refractivity contribution is 7.26. The quantitative estimate of drug-likeness (QED) is 0.295. The van der Waals surface area contributed by atoms with Crippen molar-refractivity contribution < 1.29 is 0 Å². The summed E-state index contributed by atoms with van der Waals surface area (Å²) < 4.78 is 2.69. The summed E-state index contributed by atoms with van der Waals surface area (Å²) in [5.41, 5.74) is 2.48. The van der Waals surface area contributed by atoms with E-state index in [1.54, 1.807) is 0 Å². The molecule has 0 aliphatic rings. The van der Waals surface area contributed by atoms with Crippen LogP contribution in [0.2, 0.25) is 5.02 Å². The van der Waals surface area contributed by atoms with E-state index in [1.165, 1.54) is 42.1 Å². The Balaban J connectivity index is 1.92. The molecule has 0 radical (unpaired) electrons. The van der Waals surface area contributed by atoms with Gasteiger partial charge in [0, 0.05) is 25.2 Å². The molecule has 0 aliphatic carbocycles. The van der Waals surface area contributed by atoms with Gasteiger partial charge in [-0.05, 0) is 40.1 Å². The second kappa shape index (κ2) is 5.34. The molecule has 5 rings (SSSR count). The SMILES string of the molecule is Clc1ccc(-c2cccc3sc4c5ccccc5ccc4c23)cc1. The molecule has 1 aromatic heterocycles. The summed E-state index contributed by atoms with van der Waals surface area (Å²) in [6.07, 6.45) is 0. The fourth-order valence-corrected chi connectivity index (χ4v) is 4.81. The van der Waals surface area contributed by atoms with Gasteiger partial charge in [0.05, 0.1) is 0 Å². The maximum Gasteiger partial charge on any atom is 0.0434 e. The van der Waals surface area contributed by atoms with Gasteiger partial charge in [0.25, 0.3) is 0 Å². The minimum atomic E-state index is 0.770. The molecule has 0 aliphatic heterocycles. The predicted octanol–water partition coefficient (Wildman–Crippen LogP) is 7.53. The summed E-state index contributed by atoms with van der Waals surface area (Å²) in [6.45, 7) is 0. The molecule has 0 nitrogen and oxygen atoms in total. The fraction of sp³-hybridized carbons (Fsp3) is 0. The summed E-state index contributed by atoms with van der Waals surface area (Å²) in [5.74, 6) is 0. The zero-order chi connectivity index (χ0) is 16.1. The van der Waals surface area contributed by atoms with Gasteiger partial charge in [0.15, 0.2) is 0 Å². The molecule has 0 bridgehead atoms. The van der Waals surface area contributed by atoms with Crippen molar-refractivity contribution in [1.82, 2.24) is 0 Å². The van der Waals surface area contributed by atoms with E-state index < -0.39 is 0 Å². The molecule has 5 aromatic rings. The number of thiophene rings is 1. The third-order valence-corrected chi connectivity index (χ3v) is 6.00.